The van der Waals surface area contributed by atoms with Crippen LogP contribution in [0.2, 0.25) is 5.02 Å². The van der Waals surface area contributed by atoms with Gasteiger partial charge in [-0.15, -0.1) is 0 Å². The zero-order valence-corrected chi connectivity index (χ0v) is 16.6. The van der Waals surface area contributed by atoms with Crippen LogP contribution in [0, 0.1) is 5.41 Å². The molecule has 0 aliphatic heterocycles. The normalized spacial score (nSPS) is 12.2. The van der Waals surface area contributed by atoms with Gasteiger partial charge in [-0.2, -0.15) is 0 Å². The molecule has 0 fully saturated rings. The lowest BCUT2D eigenvalue weighted by molar-refractivity contribution is 0.0921. The summed E-state index contributed by atoms with van der Waals surface area (Å²) in [5.74, 6) is 0.649. The number of hydrogen-bond donors (Lipinski definition) is 2. The summed E-state index contributed by atoms with van der Waals surface area (Å²) in [6, 6.07) is 25.0. The molecule has 1 aromatic heterocycles. The van der Waals surface area contributed by atoms with E-state index in [1.54, 1.807) is 24.3 Å². The van der Waals surface area contributed by atoms with E-state index in [1.165, 1.54) is 0 Å². The summed E-state index contributed by atoms with van der Waals surface area (Å²) in [7, 11) is 0. The largest absolute Gasteiger partial charge is 0.491 e. The van der Waals surface area contributed by atoms with Crippen LogP contribution in [0.5, 0.6) is 5.75 Å². The lowest BCUT2D eigenvalue weighted by Crippen LogP contribution is -2.31. The van der Waals surface area contributed by atoms with E-state index in [1.807, 2.05) is 63.7 Å². The van der Waals surface area contributed by atoms with Gasteiger partial charge >= 0.3 is 0 Å². The molecule has 3 aromatic carbocycles. The number of benzene rings is 3. The summed E-state index contributed by atoms with van der Waals surface area (Å²) in [6.07, 6.45) is -0.754. The van der Waals surface area contributed by atoms with E-state index in [0.717, 1.165) is 16.6 Å². The van der Waals surface area contributed by atoms with E-state index in [-0.39, 0.29) is 13.2 Å². The molecule has 2 N–H and O–H groups in total. The first-order chi connectivity index (χ1) is 14.1. The number of imidazole rings is 1. The van der Waals surface area contributed by atoms with Crippen LogP contribution in [0.3, 0.4) is 0 Å². The van der Waals surface area contributed by atoms with Crippen LogP contribution in [0.15, 0.2) is 78.9 Å². The number of aromatic nitrogens is 2. The second-order valence-corrected chi connectivity index (χ2v) is 7.35. The van der Waals surface area contributed by atoms with Gasteiger partial charge in [-0.1, -0.05) is 54.1 Å². The first-order valence-corrected chi connectivity index (χ1v) is 9.82. The van der Waals surface area contributed by atoms with Crippen molar-refractivity contribution in [3.05, 3.63) is 95.1 Å². The number of ether oxygens (including phenoxy) is 1. The third-order valence-electron chi connectivity index (χ3n) is 4.81. The van der Waals surface area contributed by atoms with Crippen molar-refractivity contribution in [2.24, 2.45) is 0 Å². The van der Waals surface area contributed by atoms with Gasteiger partial charge in [0.2, 0.25) is 5.62 Å². The average Bonchev–Trinajstić information content (AvgIpc) is 3.00. The monoisotopic (exact) mass is 407 g/mol. The van der Waals surface area contributed by atoms with Gasteiger partial charge < -0.3 is 19.0 Å². The number of fused-ring (bicyclic) bond motifs is 1. The summed E-state index contributed by atoms with van der Waals surface area (Å²) in [4.78, 5) is 0. The molecule has 0 saturated heterocycles. The first-order valence-electron chi connectivity index (χ1n) is 9.45. The molecular formula is C23H22ClN3O2. The van der Waals surface area contributed by atoms with Crippen molar-refractivity contribution in [2.45, 2.75) is 19.2 Å². The highest BCUT2D eigenvalue weighted by molar-refractivity contribution is 6.30. The standard InChI is InChI=1S/C23H22ClN3O2/c24-18-10-12-20(13-11-18)29-16-19(28)15-27-22-9-5-4-8-21(22)26(23(27)25)14-17-6-2-1-3-7-17/h1-13,19,25,28H,14-16H2. The van der Waals surface area contributed by atoms with Gasteiger partial charge in [0.25, 0.3) is 0 Å². The van der Waals surface area contributed by atoms with Crippen molar-refractivity contribution in [2.75, 3.05) is 6.61 Å². The molecule has 1 heterocycles. The van der Waals surface area contributed by atoms with Gasteiger partial charge in [0.05, 0.1) is 24.1 Å². The predicted molar refractivity (Wildman–Crippen MR) is 114 cm³/mol. The van der Waals surface area contributed by atoms with E-state index in [4.69, 9.17) is 21.7 Å². The molecule has 1 unspecified atom stereocenters. The molecule has 0 amide bonds. The van der Waals surface area contributed by atoms with Crippen LogP contribution in [0.1, 0.15) is 5.56 Å². The zero-order valence-electron chi connectivity index (χ0n) is 15.8. The lowest BCUT2D eigenvalue weighted by Gasteiger charge is -2.14. The van der Waals surface area contributed by atoms with Gasteiger partial charge in [0.15, 0.2) is 0 Å². The molecule has 4 aromatic rings. The van der Waals surface area contributed by atoms with Crippen molar-refractivity contribution in [3.8, 4) is 5.75 Å². The molecule has 5 nitrogen and oxygen atoms in total. The summed E-state index contributed by atoms with van der Waals surface area (Å²) in [6.45, 7) is 1.01. The van der Waals surface area contributed by atoms with Gasteiger partial charge in [-0.25, -0.2) is 0 Å². The number of nitrogens with zero attached hydrogens (tertiary/aromatic N) is 2. The molecular weight excluding hydrogens is 386 g/mol. The maximum Gasteiger partial charge on any atom is 0.203 e. The topological polar surface area (TPSA) is 63.2 Å². The fraction of sp³-hybridized carbons (Fsp3) is 0.174. The number of hydrogen-bond acceptors (Lipinski definition) is 3. The van der Waals surface area contributed by atoms with Crippen molar-refractivity contribution in [3.63, 3.8) is 0 Å². The smallest absolute Gasteiger partial charge is 0.203 e. The first kappa shape index (κ1) is 19.3. The van der Waals surface area contributed by atoms with Crippen LogP contribution < -0.4 is 10.4 Å². The van der Waals surface area contributed by atoms with Gasteiger partial charge in [-0.05, 0) is 42.0 Å². The highest BCUT2D eigenvalue weighted by atomic mass is 35.5. The summed E-state index contributed by atoms with van der Waals surface area (Å²) >= 11 is 5.88. The Morgan fingerprint density at radius 2 is 1.48 bits per heavy atom. The molecule has 0 radical (unpaired) electrons. The molecule has 4 rings (SSSR count). The Morgan fingerprint density at radius 3 is 2.17 bits per heavy atom. The Labute approximate surface area is 173 Å². The highest BCUT2D eigenvalue weighted by Gasteiger charge is 2.14. The SMILES string of the molecule is N=c1n(Cc2ccccc2)c2ccccc2n1CC(O)COc1ccc(Cl)cc1. The van der Waals surface area contributed by atoms with E-state index >= 15 is 0 Å². The number of aliphatic hydroxyl groups is 1. The van der Waals surface area contributed by atoms with Crippen molar-refractivity contribution in [1.29, 1.82) is 5.41 Å². The van der Waals surface area contributed by atoms with Crippen LogP contribution in [0.25, 0.3) is 11.0 Å². The molecule has 148 valence electrons. The minimum Gasteiger partial charge on any atom is -0.491 e. The Bertz CT molecular complexity index is 1150. The number of nitrogens with one attached hydrogen (secondary N) is 1. The fourth-order valence-electron chi connectivity index (χ4n) is 3.39. The van der Waals surface area contributed by atoms with Crippen molar-refractivity contribution >= 4 is 22.6 Å². The quantitative estimate of drug-likeness (QED) is 0.485. The summed E-state index contributed by atoms with van der Waals surface area (Å²) < 4.78 is 9.44. The van der Waals surface area contributed by atoms with Crippen LogP contribution in [-0.4, -0.2) is 27.0 Å². The number of para-hydroxylation sites is 2. The van der Waals surface area contributed by atoms with Crippen LogP contribution in [-0.2, 0) is 13.1 Å². The van der Waals surface area contributed by atoms with E-state index in [0.29, 0.717) is 22.9 Å². The maximum absolute atomic E-state index is 10.5. The average molecular weight is 408 g/mol. The molecule has 1 atom stereocenters. The summed E-state index contributed by atoms with van der Waals surface area (Å²) in [5.41, 5.74) is 3.35. The Balaban J connectivity index is 1.56. The Hall–Kier alpha value is -3.02. The maximum atomic E-state index is 10.5. The van der Waals surface area contributed by atoms with Gasteiger partial charge in [0.1, 0.15) is 18.5 Å². The van der Waals surface area contributed by atoms with E-state index < -0.39 is 6.10 Å². The third kappa shape index (κ3) is 4.36. The Kier molecular flexibility index (Phi) is 5.69. The fourth-order valence-corrected chi connectivity index (χ4v) is 3.52. The number of rotatable bonds is 7. The number of halogens is 1. The molecule has 29 heavy (non-hydrogen) atoms. The zero-order chi connectivity index (χ0) is 20.2. The molecule has 0 saturated carbocycles. The Morgan fingerprint density at radius 1 is 0.862 bits per heavy atom. The molecule has 0 bridgehead atoms. The minimum absolute atomic E-state index is 0.131. The van der Waals surface area contributed by atoms with Crippen LogP contribution >= 0.6 is 11.6 Å². The second kappa shape index (κ2) is 8.55. The van der Waals surface area contributed by atoms with E-state index in [9.17, 15) is 5.11 Å². The third-order valence-corrected chi connectivity index (χ3v) is 5.06. The van der Waals surface area contributed by atoms with Crippen molar-refractivity contribution < 1.29 is 9.84 Å². The lowest BCUT2D eigenvalue weighted by atomic mass is 10.2. The minimum atomic E-state index is -0.754. The van der Waals surface area contributed by atoms with Crippen LogP contribution in [0.4, 0.5) is 0 Å². The highest BCUT2D eigenvalue weighted by Crippen LogP contribution is 2.17. The van der Waals surface area contributed by atoms with Crippen molar-refractivity contribution in [1.82, 2.24) is 9.13 Å². The van der Waals surface area contributed by atoms with Gasteiger partial charge in [0, 0.05) is 5.02 Å². The van der Waals surface area contributed by atoms with E-state index in [2.05, 4.69) is 0 Å². The molecule has 0 spiro atoms. The molecule has 6 heteroatoms. The molecule has 0 aliphatic carbocycles. The number of aliphatic hydroxyl groups excluding tert-OH is 1. The molecule has 0 aliphatic rings. The predicted octanol–water partition coefficient (Wildman–Crippen LogP) is 4.06. The second-order valence-electron chi connectivity index (χ2n) is 6.91. The van der Waals surface area contributed by atoms with Gasteiger partial charge in [-0.3, -0.25) is 5.41 Å². The summed E-state index contributed by atoms with van der Waals surface area (Å²) in [5, 5.41) is 19.9.